The van der Waals surface area contributed by atoms with Crippen LogP contribution in [-0.4, -0.2) is 0 Å². The van der Waals surface area contributed by atoms with Crippen molar-refractivity contribution < 1.29 is 0 Å². The van der Waals surface area contributed by atoms with E-state index in [1.54, 1.807) is 0 Å². The summed E-state index contributed by atoms with van der Waals surface area (Å²) >= 11 is 3.54. The molecule has 1 aromatic carbocycles. The molecule has 1 aromatic rings. The smallest absolute Gasteiger partial charge is 0.0207 e. The maximum absolute atomic E-state index is 5.35. The highest BCUT2D eigenvalue weighted by atomic mass is 79.9. The second-order valence-corrected chi connectivity index (χ2v) is 4.38. The molecule has 0 amide bonds. The van der Waals surface area contributed by atoms with Crippen molar-refractivity contribution in [2.45, 2.75) is 32.6 Å². The average molecular weight is 251 g/mol. The Morgan fingerprint density at radius 1 is 1.50 bits per heavy atom. The maximum Gasteiger partial charge on any atom is 0.0207 e. The molecule has 0 aromatic heterocycles. The van der Waals surface area contributed by atoms with E-state index in [4.69, 9.17) is 6.42 Å². The van der Waals surface area contributed by atoms with Crippen molar-refractivity contribution in [1.29, 1.82) is 0 Å². The van der Waals surface area contributed by atoms with Crippen molar-refractivity contribution in [3.63, 3.8) is 0 Å². The third kappa shape index (κ3) is 2.62. The van der Waals surface area contributed by atoms with Gasteiger partial charge < -0.3 is 0 Å². The SMILES string of the molecule is C#CCC(CC)c1ccc(C)c(Br)c1. The monoisotopic (exact) mass is 250 g/mol. The van der Waals surface area contributed by atoms with E-state index in [1.807, 2.05) is 0 Å². The Morgan fingerprint density at radius 2 is 2.21 bits per heavy atom. The lowest BCUT2D eigenvalue weighted by molar-refractivity contribution is 0.684. The number of benzene rings is 1. The van der Waals surface area contributed by atoms with E-state index < -0.39 is 0 Å². The first-order valence-corrected chi connectivity index (χ1v) is 5.67. The van der Waals surface area contributed by atoms with Crippen molar-refractivity contribution in [3.8, 4) is 12.3 Å². The minimum atomic E-state index is 0.497. The topological polar surface area (TPSA) is 0 Å². The molecule has 1 unspecified atom stereocenters. The largest absolute Gasteiger partial charge is 0.120 e. The zero-order valence-electron chi connectivity index (χ0n) is 8.68. The van der Waals surface area contributed by atoms with Crippen molar-refractivity contribution in [3.05, 3.63) is 33.8 Å². The minimum absolute atomic E-state index is 0.497. The van der Waals surface area contributed by atoms with Crippen LogP contribution < -0.4 is 0 Å². The van der Waals surface area contributed by atoms with Gasteiger partial charge in [0.1, 0.15) is 0 Å². The highest BCUT2D eigenvalue weighted by Gasteiger charge is 2.08. The number of halogens is 1. The van der Waals surface area contributed by atoms with Gasteiger partial charge in [0, 0.05) is 10.9 Å². The third-order valence-electron chi connectivity index (χ3n) is 2.52. The van der Waals surface area contributed by atoms with Gasteiger partial charge in [-0.1, -0.05) is 35.0 Å². The molecule has 0 nitrogen and oxygen atoms in total. The van der Waals surface area contributed by atoms with E-state index in [-0.39, 0.29) is 0 Å². The van der Waals surface area contributed by atoms with Crippen LogP contribution in [0.2, 0.25) is 0 Å². The van der Waals surface area contributed by atoms with Gasteiger partial charge in [0.15, 0.2) is 0 Å². The zero-order chi connectivity index (χ0) is 10.6. The summed E-state index contributed by atoms with van der Waals surface area (Å²) in [5, 5.41) is 0. The predicted molar refractivity (Wildman–Crippen MR) is 65.4 cm³/mol. The fourth-order valence-corrected chi connectivity index (χ4v) is 1.90. The normalized spacial score (nSPS) is 12.1. The molecule has 74 valence electrons. The van der Waals surface area contributed by atoms with Gasteiger partial charge in [-0.3, -0.25) is 0 Å². The molecule has 0 bridgehead atoms. The molecule has 0 heterocycles. The molecule has 0 fully saturated rings. The summed E-state index contributed by atoms with van der Waals surface area (Å²) in [6.45, 7) is 4.27. The Morgan fingerprint density at radius 3 is 2.71 bits per heavy atom. The second-order valence-electron chi connectivity index (χ2n) is 3.52. The molecular weight excluding hydrogens is 236 g/mol. The fourth-order valence-electron chi connectivity index (χ4n) is 1.50. The molecule has 14 heavy (non-hydrogen) atoms. The second kappa shape index (κ2) is 5.22. The van der Waals surface area contributed by atoms with Crippen LogP contribution in [0.15, 0.2) is 22.7 Å². The number of hydrogen-bond donors (Lipinski definition) is 0. The predicted octanol–water partition coefficient (Wildman–Crippen LogP) is 4.27. The third-order valence-corrected chi connectivity index (χ3v) is 3.38. The fraction of sp³-hybridized carbons (Fsp3) is 0.385. The van der Waals surface area contributed by atoms with Crippen LogP contribution in [0.25, 0.3) is 0 Å². The van der Waals surface area contributed by atoms with Crippen molar-refractivity contribution in [1.82, 2.24) is 0 Å². The van der Waals surface area contributed by atoms with E-state index >= 15 is 0 Å². The molecule has 0 aliphatic heterocycles. The lowest BCUT2D eigenvalue weighted by Gasteiger charge is -2.13. The van der Waals surface area contributed by atoms with Crippen LogP contribution in [0.1, 0.15) is 36.8 Å². The van der Waals surface area contributed by atoms with Gasteiger partial charge >= 0.3 is 0 Å². The van der Waals surface area contributed by atoms with Gasteiger partial charge in [0.05, 0.1) is 0 Å². The van der Waals surface area contributed by atoms with E-state index in [1.165, 1.54) is 15.6 Å². The van der Waals surface area contributed by atoms with Gasteiger partial charge in [-0.25, -0.2) is 0 Å². The van der Waals surface area contributed by atoms with Crippen molar-refractivity contribution in [2.75, 3.05) is 0 Å². The Bertz CT molecular complexity index is 347. The molecule has 1 atom stereocenters. The van der Waals surface area contributed by atoms with Gasteiger partial charge in [0.25, 0.3) is 0 Å². The van der Waals surface area contributed by atoms with E-state index in [9.17, 15) is 0 Å². The molecule has 1 heteroatoms. The summed E-state index contributed by atoms with van der Waals surface area (Å²) in [5.74, 6) is 3.23. The first-order chi connectivity index (χ1) is 6.69. The Kier molecular flexibility index (Phi) is 4.22. The van der Waals surface area contributed by atoms with Crippen LogP contribution in [-0.2, 0) is 0 Å². The van der Waals surface area contributed by atoms with Crippen LogP contribution in [0.5, 0.6) is 0 Å². The van der Waals surface area contributed by atoms with Gasteiger partial charge in [-0.2, -0.15) is 0 Å². The summed E-state index contributed by atoms with van der Waals surface area (Å²) in [5.41, 5.74) is 2.60. The summed E-state index contributed by atoms with van der Waals surface area (Å²) in [7, 11) is 0. The summed E-state index contributed by atoms with van der Waals surface area (Å²) in [6.07, 6.45) is 7.27. The Balaban J connectivity index is 2.95. The molecular formula is C13H15Br. The van der Waals surface area contributed by atoms with E-state index in [2.05, 4.69) is 53.9 Å². The van der Waals surface area contributed by atoms with E-state index in [0.29, 0.717) is 5.92 Å². The first-order valence-electron chi connectivity index (χ1n) is 4.88. The molecule has 1 rings (SSSR count). The lowest BCUT2D eigenvalue weighted by atomic mass is 9.93. The van der Waals surface area contributed by atoms with E-state index in [0.717, 1.165) is 12.8 Å². The summed E-state index contributed by atoms with van der Waals surface area (Å²) in [4.78, 5) is 0. The number of terminal acetylenes is 1. The number of rotatable bonds is 3. The zero-order valence-corrected chi connectivity index (χ0v) is 10.3. The van der Waals surface area contributed by atoms with Crippen LogP contribution in [0.4, 0.5) is 0 Å². The lowest BCUT2D eigenvalue weighted by Crippen LogP contribution is -1.96. The molecule has 0 saturated carbocycles. The van der Waals surface area contributed by atoms with Crippen LogP contribution in [0, 0.1) is 19.3 Å². The molecule has 0 N–H and O–H groups in total. The molecule has 0 aliphatic rings. The summed E-state index contributed by atoms with van der Waals surface area (Å²) in [6, 6.07) is 6.49. The van der Waals surface area contributed by atoms with Gasteiger partial charge in [-0.05, 0) is 36.5 Å². The van der Waals surface area contributed by atoms with Crippen LogP contribution in [0.3, 0.4) is 0 Å². The number of aryl methyl sites for hydroxylation is 1. The molecule has 0 aliphatic carbocycles. The quantitative estimate of drug-likeness (QED) is 0.703. The van der Waals surface area contributed by atoms with Crippen molar-refractivity contribution in [2.24, 2.45) is 0 Å². The summed E-state index contributed by atoms with van der Waals surface area (Å²) < 4.78 is 1.17. The molecule has 0 spiro atoms. The highest BCUT2D eigenvalue weighted by molar-refractivity contribution is 9.10. The Hall–Kier alpha value is -0.740. The first kappa shape index (κ1) is 11.3. The molecule has 0 saturated heterocycles. The average Bonchev–Trinajstić information content (AvgIpc) is 2.19. The minimum Gasteiger partial charge on any atom is -0.120 e. The standard InChI is InChI=1S/C13H15Br/c1-4-6-11(5-2)12-8-7-10(3)13(14)9-12/h1,7-9,11H,5-6H2,2-3H3. The highest BCUT2D eigenvalue weighted by Crippen LogP contribution is 2.27. The number of hydrogen-bond acceptors (Lipinski definition) is 0. The maximum atomic E-state index is 5.35. The Labute approximate surface area is 94.9 Å². The van der Waals surface area contributed by atoms with Gasteiger partial charge in [-0.15, -0.1) is 12.3 Å². The molecule has 0 radical (unpaired) electrons. The van der Waals surface area contributed by atoms with Crippen molar-refractivity contribution >= 4 is 15.9 Å². The van der Waals surface area contributed by atoms with Crippen LogP contribution >= 0.6 is 15.9 Å². The van der Waals surface area contributed by atoms with Gasteiger partial charge in [0.2, 0.25) is 0 Å².